The summed E-state index contributed by atoms with van der Waals surface area (Å²) in [5.74, 6) is -5.12. The van der Waals surface area contributed by atoms with Crippen molar-refractivity contribution < 1.29 is 45.0 Å². The van der Waals surface area contributed by atoms with Gasteiger partial charge in [0.2, 0.25) is 0 Å². The normalized spacial score (nSPS) is 14.4. The van der Waals surface area contributed by atoms with Crippen LogP contribution in [0.25, 0.3) is 0 Å². The Morgan fingerprint density at radius 1 is 0.919 bits per heavy atom. The van der Waals surface area contributed by atoms with Gasteiger partial charge < -0.3 is 9.84 Å². The summed E-state index contributed by atoms with van der Waals surface area (Å²) in [7, 11) is 0. The number of tetrazole rings is 1. The highest BCUT2D eigenvalue weighted by Crippen LogP contribution is 2.43. The molecule has 0 aliphatic heterocycles. The number of hydrogen-bond acceptors (Lipinski definition) is 7. The largest absolute Gasteiger partial charge is 0.435 e. The molecule has 0 fully saturated rings. The average Bonchev–Trinajstić information content (AvgIpc) is 3.35. The lowest BCUT2D eigenvalue weighted by Crippen LogP contribution is -2.45. The van der Waals surface area contributed by atoms with Gasteiger partial charge >= 0.3 is 6.18 Å². The third kappa shape index (κ3) is 5.04. The minimum atomic E-state index is -4.84. The summed E-state index contributed by atoms with van der Waals surface area (Å²) in [6, 6.07) is 1.84. The van der Waals surface area contributed by atoms with Gasteiger partial charge in [0.05, 0.1) is 17.5 Å². The van der Waals surface area contributed by atoms with E-state index in [4.69, 9.17) is 4.74 Å². The van der Waals surface area contributed by atoms with E-state index in [0.29, 0.717) is 29.1 Å². The number of aliphatic hydroxyl groups is 1. The quantitative estimate of drug-likeness (QED) is 0.352. The highest BCUT2D eigenvalue weighted by Gasteiger charge is 2.52. The number of halogens is 8. The van der Waals surface area contributed by atoms with Crippen molar-refractivity contribution in [3.8, 4) is 11.6 Å². The molecule has 0 spiro atoms. The van der Waals surface area contributed by atoms with E-state index in [9.17, 15) is 40.2 Å². The number of ether oxygens (including phenoxy) is 1. The SMILES string of the molecule is OC(c1ccc(F)cc1F)(C(F)F)C(c1ccc(Oc2ncc(C(F)(F)F)cc2F)cn1)n1cnnn1. The van der Waals surface area contributed by atoms with E-state index >= 15 is 0 Å². The van der Waals surface area contributed by atoms with Crippen molar-refractivity contribution in [1.82, 2.24) is 30.2 Å². The van der Waals surface area contributed by atoms with Crippen molar-refractivity contribution in [2.45, 2.75) is 24.2 Å². The average molecular weight is 532 g/mol. The maximum Gasteiger partial charge on any atom is 0.417 e. The van der Waals surface area contributed by atoms with Gasteiger partial charge in [-0.1, -0.05) is 0 Å². The molecule has 37 heavy (non-hydrogen) atoms. The Hall–Kier alpha value is -4.21. The van der Waals surface area contributed by atoms with Crippen LogP contribution >= 0.6 is 0 Å². The maximum atomic E-state index is 14.5. The zero-order valence-electron chi connectivity index (χ0n) is 17.9. The summed E-state index contributed by atoms with van der Waals surface area (Å²) in [6.07, 6.45) is -6.48. The smallest absolute Gasteiger partial charge is 0.417 e. The number of aromatic nitrogens is 6. The Kier molecular flexibility index (Phi) is 6.77. The predicted octanol–water partition coefficient (Wildman–Crippen LogP) is 4.43. The molecule has 2 atom stereocenters. The lowest BCUT2D eigenvalue weighted by molar-refractivity contribution is -0.138. The Morgan fingerprint density at radius 2 is 1.68 bits per heavy atom. The van der Waals surface area contributed by atoms with Crippen molar-refractivity contribution in [3.05, 3.63) is 89.4 Å². The summed E-state index contributed by atoms with van der Waals surface area (Å²) >= 11 is 0. The van der Waals surface area contributed by atoms with Crippen LogP contribution in [0.1, 0.15) is 22.9 Å². The van der Waals surface area contributed by atoms with Crippen LogP contribution in [0.15, 0.2) is 55.1 Å². The van der Waals surface area contributed by atoms with Crippen molar-refractivity contribution >= 4 is 0 Å². The molecule has 0 radical (unpaired) electrons. The molecule has 0 saturated heterocycles. The number of hydrogen-bond donors (Lipinski definition) is 1. The molecular weight excluding hydrogens is 520 g/mol. The van der Waals surface area contributed by atoms with Crippen LogP contribution < -0.4 is 4.74 Å². The van der Waals surface area contributed by atoms with Gasteiger partial charge in [-0.3, -0.25) is 4.98 Å². The van der Waals surface area contributed by atoms with Crippen LogP contribution in [0.5, 0.6) is 11.6 Å². The van der Waals surface area contributed by atoms with E-state index in [1.54, 1.807) is 0 Å². The molecule has 0 amide bonds. The van der Waals surface area contributed by atoms with Crippen molar-refractivity contribution in [2.24, 2.45) is 0 Å². The molecule has 2 unspecified atom stereocenters. The van der Waals surface area contributed by atoms with E-state index < -0.39 is 58.7 Å². The van der Waals surface area contributed by atoms with E-state index in [1.165, 1.54) is 0 Å². The van der Waals surface area contributed by atoms with E-state index in [2.05, 4.69) is 25.5 Å². The molecule has 194 valence electrons. The Balaban J connectivity index is 1.72. The third-order valence-corrected chi connectivity index (χ3v) is 5.13. The van der Waals surface area contributed by atoms with E-state index in [0.717, 1.165) is 24.7 Å². The lowest BCUT2D eigenvalue weighted by atomic mass is 9.84. The number of rotatable bonds is 7. The first kappa shape index (κ1) is 25.9. The van der Waals surface area contributed by atoms with Gasteiger partial charge in [0.15, 0.2) is 11.4 Å². The summed E-state index contributed by atoms with van der Waals surface area (Å²) < 4.78 is 114. The Bertz CT molecular complexity index is 1390. The first-order valence-electron chi connectivity index (χ1n) is 9.96. The lowest BCUT2D eigenvalue weighted by Gasteiger charge is -2.35. The van der Waals surface area contributed by atoms with Crippen LogP contribution in [-0.4, -0.2) is 41.7 Å². The fourth-order valence-electron chi connectivity index (χ4n) is 3.43. The van der Waals surface area contributed by atoms with Crippen LogP contribution in [0.3, 0.4) is 0 Å². The fraction of sp³-hybridized carbons (Fsp3) is 0.190. The zero-order valence-corrected chi connectivity index (χ0v) is 17.9. The van der Waals surface area contributed by atoms with Crippen LogP contribution in [0.2, 0.25) is 0 Å². The van der Waals surface area contributed by atoms with Gasteiger partial charge in [0, 0.05) is 17.8 Å². The molecule has 4 rings (SSSR count). The molecular formula is C21H12F8N6O2. The second-order valence-electron chi connectivity index (χ2n) is 7.47. The van der Waals surface area contributed by atoms with E-state index in [-0.39, 0.29) is 17.5 Å². The molecule has 4 aromatic rings. The molecule has 0 aliphatic carbocycles. The van der Waals surface area contributed by atoms with Gasteiger partial charge in [-0.15, -0.1) is 5.10 Å². The summed E-state index contributed by atoms with van der Waals surface area (Å²) in [6.45, 7) is 0. The minimum absolute atomic E-state index is 0.165. The number of pyridine rings is 2. The summed E-state index contributed by atoms with van der Waals surface area (Å²) in [4.78, 5) is 7.15. The fourth-order valence-corrected chi connectivity index (χ4v) is 3.43. The van der Waals surface area contributed by atoms with Gasteiger partial charge in [0.25, 0.3) is 12.3 Å². The van der Waals surface area contributed by atoms with Gasteiger partial charge in [-0.05, 0) is 40.8 Å². The Labute approximate surface area is 201 Å². The molecule has 0 aliphatic rings. The first-order valence-corrected chi connectivity index (χ1v) is 9.96. The number of nitrogens with zero attached hydrogens (tertiary/aromatic N) is 6. The third-order valence-electron chi connectivity index (χ3n) is 5.13. The van der Waals surface area contributed by atoms with Crippen LogP contribution in [-0.2, 0) is 11.8 Å². The molecule has 3 heterocycles. The molecule has 0 bridgehead atoms. The summed E-state index contributed by atoms with van der Waals surface area (Å²) in [5, 5.41) is 21.2. The zero-order chi connectivity index (χ0) is 27.0. The second kappa shape index (κ2) is 9.68. The molecule has 16 heteroatoms. The van der Waals surface area contributed by atoms with Crippen molar-refractivity contribution in [2.75, 3.05) is 0 Å². The van der Waals surface area contributed by atoms with Crippen LogP contribution in [0.4, 0.5) is 35.1 Å². The van der Waals surface area contributed by atoms with Crippen molar-refractivity contribution in [3.63, 3.8) is 0 Å². The first-order chi connectivity index (χ1) is 17.4. The molecule has 0 saturated carbocycles. The monoisotopic (exact) mass is 532 g/mol. The maximum absolute atomic E-state index is 14.5. The Morgan fingerprint density at radius 3 is 2.22 bits per heavy atom. The number of alkyl halides is 5. The highest BCUT2D eigenvalue weighted by atomic mass is 19.4. The van der Waals surface area contributed by atoms with Gasteiger partial charge in [0.1, 0.15) is 29.8 Å². The van der Waals surface area contributed by atoms with Gasteiger partial charge in [-0.25, -0.2) is 31.6 Å². The van der Waals surface area contributed by atoms with Crippen molar-refractivity contribution in [1.29, 1.82) is 0 Å². The minimum Gasteiger partial charge on any atom is -0.435 e. The highest BCUT2D eigenvalue weighted by molar-refractivity contribution is 5.34. The number of benzene rings is 1. The van der Waals surface area contributed by atoms with Crippen LogP contribution in [0, 0.1) is 17.5 Å². The molecule has 8 nitrogen and oxygen atoms in total. The molecule has 3 aromatic heterocycles. The van der Waals surface area contributed by atoms with E-state index in [1.807, 2.05) is 0 Å². The predicted molar refractivity (Wildman–Crippen MR) is 106 cm³/mol. The van der Waals surface area contributed by atoms with Gasteiger partial charge in [-0.2, -0.15) is 13.2 Å². The summed E-state index contributed by atoms with van der Waals surface area (Å²) in [5.41, 5.74) is -6.08. The second-order valence-corrected chi connectivity index (χ2v) is 7.47. The topological polar surface area (TPSA) is 98.8 Å². The molecule has 1 aromatic carbocycles. The standard InChI is InChI=1S/C21H12F8N6O2/c22-11-1-3-13(14(23)6-11)20(36,19(25)26)17(35-9-32-33-34-35)16-4-2-12(8-30-16)37-18-15(24)5-10(7-31-18)21(27,28)29/h1-9,17,19,36H. The molecule has 1 N–H and O–H groups in total.